The van der Waals surface area contributed by atoms with Crippen LogP contribution in [0.2, 0.25) is 0 Å². The highest BCUT2D eigenvalue weighted by molar-refractivity contribution is 5.94. The number of hydrogen-bond donors (Lipinski definition) is 2. The molecule has 0 saturated carbocycles. The van der Waals surface area contributed by atoms with E-state index in [4.69, 9.17) is 9.47 Å². The van der Waals surface area contributed by atoms with Crippen LogP contribution in [0, 0.1) is 5.82 Å². The van der Waals surface area contributed by atoms with E-state index in [9.17, 15) is 14.0 Å². The first kappa shape index (κ1) is 21.2. The molecule has 150 valence electrons. The average molecular weight is 389 g/mol. The van der Waals surface area contributed by atoms with Crippen molar-refractivity contribution >= 4 is 17.5 Å². The summed E-state index contributed by atoms with van der Waals surface area (Å²) in [4.78, 5) is 25.7. The molecule has 2 aromatic carbocycles. The molecule has 2 amide bonds. The lowest BCUT2D eigenvalue weighted by Gasteiger charge is -2.18. The standard InChI is InChI=1S/C20H24FN3O4/c1-24(12-14-4-9-17(27-2)10-18(14)28-3)13-20(26)22-11-19(25)23-16-7-5-15(21)6-8-16/h4-10H,11-13H2,1-3H3,(H,22,26)(H,23,25). The molecule has 0 radical (unpaired) electrons. The Balaban J connectivity index is 1.79. The summed E-state index contributed by atoms with van der Waals surface area (Å²) in [5.74, 6) is 0.296. The molecule has 0 atom stereocenters. The zero-order valence-corrected chi connectivity index (χ0v) is 16.1. The molecule has 0 saturated heterocycles. The van der Waals surface area contributed by atoms with E-state index in [-0.39, 0.29) is 30.7 Å². The number of amides is 2. The molecule has 0 aliphatic rings. The van der Waals surface area contributed by atoms with Crippen LogP contribution in [0.15, 0.2) is 42.5 Å². The monoisotopic (exact) mass is 389 g/mol. The van der Waals surface area contributed by atoms with E-state index in [0.717, 1.165) is 5.56 Å². The molecule has 28 heavy (non-hydrogen) atoms. The predicted octanol–water partition coefficient (Wildman–Crippen LogP) is 2.03. The Morgan fingerprint density at radius 2 is 1.75 bits per heavy atom. The van der Waals surface area contributed by atoms with Crippen molar-refractivity contribution in [3.8, 4) is 11.5 Å². The third-order valence-electron chi connectivity index (χ3n) is 3.92. The second-order valence-electron chi connectivity index (χ2n) is 6.18. The molecule has 0 fully saturated rings. The summed E-state index contributed by atoms with van der Waals surface area (Å²) >= 11 is 0. The van der Waals surface area contributed by atoms with Crippen molar-refractivity contribution in [1.82, 2.24) is 10.2 Å². The van der Waals surface area contributed by atoms with Gasteiger partial charge < -0.3 is 20.1 Å². The maximum Gasteiger partial charge on any atom is 0.243 e. The summed E-state index contributed by atoms with van der Waals surface area (Å²) in [5.41, 5.74) is 1.37. The lowest BCUT2D eigenvalue weighted by molar-refractivity contribution is -0.124. The maximum atomic E-state index is 12.9. The normalized spacial score (nSPS) is 10.5. The highest BCUT2D eigenvalue weighted by Crippen LogP contribution is 2.25. The SMILES string of the molecule is COc1ccc(CN(C)CC(=O)NCC(=O)Nc2ccc(F)cc2)c(OC)c1. The zero-order valence-electron chi connectivity index (χ0n) is 16.1. The number of halogens is 1. The van der Waals surface area contributed by atoms with Gasteiger partial charge in [0.1, 0.15) is 17.3 Å². The van der Waals surface area contributed by atoms with Gasteiger partial charge in [-0.3, -0.25) is 14.5 Å². The second kappa shape index (κ2) is 10.3. The highest BCUT2D eigenvalue weighted by Gasteiger charge is 2.12. The van der Waals surface area contributed by atoms with Crippen LogP contribution in [-0.4, -0.2) is 51.1 Å². The molecule has 2 rings (SSSR count). The minimum absolute atomic E-state index is 0.110. The summed E-state index contributed by atoms with van der Waals surface area (Å²) in [7, 11) is 4.95. The van der Waals surface area contributed by atoms with E-state index in [1.54, 1.807) is 32.2 Å². The molecule has 0 bridgehead atoms. The lowest BCUT2D eigenvalue weighted by atomic mass is 10.2. The number of likely N-dealkylation sites (N-methyl/N-ethyl adjacent to an activating group) is 1. The molecule has 2 aromatic rings. The largest absolute Gasteiger partial charge is 0.497 e. The summed E-state index contributed by atoms with van der Waals surface area (Å²) < 4.78 is 23.4. The summed E-state index contributed by atoms with van der Waals surface area (Å²) in [6.45, 7) is 0.428. The Bertz CT molecular complexity index is 812. The Labute approximate surface area is 163 Å². The molecule has 0 spiro atoms. The number of carbonyl (C=O) groups excluding carboxylic acids is 2. The first-order valence-corrected chi connectivity index (χ1v) is 8.63. The van der Waals surface area contributed by atoms with Gasteiger partial charge in [-0.05, 0) is 37.4 Å². The first-order valence-electron chi connectivity index (χ1n) is 8.63. The van der Waals surface area contributed by atoms with E-state index < -0.39 is 0 Å². The van der Waals surface area contributed by atoms with Crippen LogP contribution in [0.25, 0.3) is 0 Å². The molecular weight excluding hydrogens is 365 g/mol. The number of nitrogens with one attached hydrogen (secondary N) is 2. The number of ether oxygens (including phenoxy) is 2. The Hall–Kier alpha value is -3.13. The zero-order chi connectivity index (χ0) is 20.5. The van der Waals surface area contributed by atoms with Crippen LogP contribution in [-0.2, 0) is 16.1 Å². The summed E-state index contributed by atoms with van der Waals surface area (Å²) in [6.07, 6.45) is 0. The van der Waals surface area contributed by atoms with E-state index in [2.05, 4.69) is 10.6 Å². The highest BCUT2D eigenvalue weighted by atomic mass is 19.1. The molecular formula is C20H24FN3O4. The average Bonchev–Trinajstić information content (AvgIpc) is 2.68. The molecule has 0 aliphatic heterocycles. The second-order valence-corrected chi connectivity index (χ2v) is 6.18. The minimum atomic E-state index is -0.389. The van der Waals surface area contributed by atoms with Gasteiger partial charge in [-0.2, -0.15) is 0 Å². The van der Waals surface area contributed by atoms with Gasteiger partial charge in [0.15, 0.2) is 0 Å². The van der Waals surface area contributed by atoms with Crippen LogP contribution >= 0.6 is 0 Å². The van der Waals surface area contributed by atoms with E-state index >= 15 is 0 Å². The first-order chi connectivity index (χ1) is 13.4. The minimum Gasteiger partial charge on any atom is -0.497 e. The van der Waals surface area contributed by atoms with Crippen molar-refractivity contribution in [2.75, 3.05) is 39.7 Å². The van der Waals surface area contributed by atoms with Crippen molar-refractivity contribution in [3.05, 3.63) is 53.8 Å². The van der Waals surface area contributed by atoms with Gasteiger partial charge in [0, 0.05) is 23.9 Å². The summed E-state index contributed by atoms with van der Waals surface area (Å²) in [5, 5.41) is 5.14. The Morgan fingerprint density at radius 1 is 1.04 bits per heavy atom. The maximum absolute atomic E-state index is 12.9. The van der Waals surface area contributed by atoms with Gasteiger partial charge in [0.25, 0.3) is 0 Å². The summed E-state index contributed by atoms with van der Waals surface area (Å²) in [6, 6.07) is 10.9. The number of rotatable bonds is 9. The number of anilines is 1. The van der Waals surface area contributed by atoms with Gasteiger partial charge in [-0.15, -0.1) is 0 Å². The fourth-order valence-electron chi connectivity index (χ4n) is 2.55. The van der Waals surface area contributed by atoms with E-state index in [1.165, 1.54) is 24.3 Å². The van der Waals surface area contributed by atoms with Crippen molar-refractivity contribution in [2.45, 2.75) is 6.54 Å². The Kier molecular flexibility index (Phi) is 7.76. The fraction of sp³-hybridized carbons (Fsp3) is 0.300. The van der Waals surface area contributed by atoms with E-state index in [0.29, 0.717) is 23.7 Å². The van der Waals surface area contributed by atoms with Crippen LogP contribution in [0.1, 0.15) is 5.56 Å². The van der Waals surface area contributed by atoms with Crippen molar-refractivity contribution in [1.29, 1.82) is 0 Å². The van der Waals surface area contributed by atoms with Gasteiger partial charge in [0.2, 0.25) is 11.8 Å². The van der Waals surface area contributed by atoms with Crippen molar-refractivity contribution < 1.29 is 23.5 Å². The molecule has 0 aliphatic carbocycles. The number of hydrogen-bond acceptors (Lipinski definition) is 5. The van der Waals surface area contributed by atoms with Crippen LogP contribution < -0.4 is 20.1 Å². The quantitative estimate of drug-likeness (QED) is 0.686. The predicted molar refractivity (Wildman–Crippen MR) is 104 cm³/mol. The van der Waals surface area contributed by atoms with Gasteiger partial charge in [-0.1, -0.05) is 6.07 Å². The van der Waals surface area contributed by atoms with Crippen LogP contribution in [0.5, 0.6) is 11.5 Å². The van der Waals surface area contributed by atoms with Crippen LogP contribution in [0.4, 0.5) is 10.1 Å². The third-order valence-corrected chi connectivity index (χ3v) is 3.92. The van der Waals surface area contributed by atoms with Gasteiger partial charge in [-0.25, -0.2) is 4.39 Å². The molecule has 2 N–H and O–H groups in total. The number of carbonyl (C=O) groups is 2. The smallest absolute Gasteiger partial charge is 0.243 e. The molecule has 0 aromatic heterocycles. The fourth-order valence-corrected chi connectivity index (χ4v) is 2.55. The lowest BCUT2D eigenvalue weighted by Crippen LogP contribution is -2.39. The molecule has 7 nitrogen and oxygen atoms in total. The van der Waals surface area contributed by atoms with Gasteiger partial charge >= 0.3 is 0 Å². The number of nitrogens with zero attached hydrogens (tertiary/aromatic N) is 1. The van der Waals surface area contributed by atoms with E-state index in [1.807, 2.05) is 12.1 Å². The number of methoxy groups -OCH3 is 2. The Morgan fingerprint density at radius 3 is 2.39 bits per heavy atom. The topological polar surface area (TPSA) is 79.9 Å². The molecule has 0 unspecified atom stereocenters. The third kappa shape index (κ3) is 6.55. The van der Waals surface area contributed by atoms with Crippen molar-refractivity contribution in [2.24, 2.45) is 0 Å². The molecule has 8 heteroatoms. The van der Waals surface area contributed by atoms with Crippen molar-refractivity contribution in [3.63, 3.8) is 0 Å². The number of benzene rings is 2. The molecule has 0 heterocycles. The van der Waals surface area contributed by atoms with Gasteiger partial charge in [0.05, 0.1) is 27.3 Å². The van der Waals surface area contributed by atoms with Crippen LogP contribution in [0.3, 0.4) is 0 Å².